The summed E-state index contributed by atoms with van der Waals surface area (Å²) in [6, 6.07) is 11.6. The molecular weight excluding hydrogens is 408 g/mol. The van der Waals surface area contributed by atoms with Crippen molar-refractivity contribution in [3.8, 4) is 33.8 Å². The molecule has 3 aromatic carbocycles. The molecular formula is C26H22O6. The van der Waals surface area contributed by atoms with E-state index in [1.165, 1.54) is 33.4 Å². The van der Waals surface area contributed by atoms with Crippen molar-refractivity contribution in [3.05, 3.63) is 69.8 Å². The number of aliphatic carboxylic acids is 2. The predicted octanol–water partition coefficient (Wildman–Crippen LogP) is 4.37. The Morgan fingerprint density at radius 2 is 1.16 bits per heavy atom. The number of fused-ring (bicyclic) bond motifs is 7. The van der Waals surface area contributed by atoms with Crippen LogP contribution in [-0.4, -0.2) is 35.4 Å². The van der Waals surface area contributed by atoms with Crippen molar-refractivity contribution in [3.63, 3.8) is 0 Å². The zero-order valence-corrected chi connectivity index (χ0v) is 17.8. The monoisotopic (exact) mass is 430 g/mol. The summed E-state index contributed by atoms with van der Waals surface area (Å²) in [5.74, 6) is -0.876. The van der Waals surface area contributed by atoms with Crippen LogP contribution in [0.3, 0.4) is 0 Å². The van der Waals surface area contributed by atoms with Gasteiger partial charge in [-0.05, 0) is 107 Å². The molecule has 0 spiro atoms. The molecule has 0 atom stereocenters. The molecule has 0 saturated heterocycles. The van der Waals surface area contributed by atoms with Crippen LogP contribution in [0.5, 0.6) is 11.5 Å². The standard InChI is InChI=1S/C26H22O6/c1-13-14(2)22-10-16-8-18(32-12-24(29)30)4-6-20(16)26(22)25-19-5-3-17(31-11-23(27)28)7-15(19)9-21(13)25/h3-8H,9-12H2,1-2H3,(H,27,28)(H,29,30). The van der Waals surface area contributed by atoms with Crippen molar-refractivity contribution in [1.29, 1.82) is 0 Å². The van der Waals surface area contributed by atoms with Crippen LogP contribution in [0.4, 0.5) is 0 Å². The molecule has 0 saturated carbocycles. The minimum atomic E-state index is -0.999. The Hall–Kier alpha value is -3.80. The zero-order chi connectivity index (χ0) is 22.6. The molecule has 0 radical (unpaired) electrons. The molecule has 0 amide bonds. The van der Waals surface area contributed by atoms with Crippen molar-refractivity contribution in [2.24, 2.45) is 0 Å². The Labute approximate surface area is 185 Å². The van der Waals surface area contributed by atoms with Crippen LogP contribution in [0, 0.1) is 13.8 Å². The van der Waals surface area contributed by atoms with Gasteiger partial charge in [0.25, 0.3) is 0 Å². The number of carboxylic acids is 2. The van der Waals surface area contributed by atoms with Crippen molar-refractivity contribution in [2.75, 3.05) is 13.2 Å². The lowest BCUT2D eigenvalue weighted by Crippen LogP contribution is -2.09. The number of ether oxygens (including phenoxy) is 2. The number of hydrogen-bond donors (Lipinski definition) is 2. The van der Waals surface area contributed by atoms with E-state index >= 15 is 0 Å². The molecule has 162 valence electrons. The van der Waals surface area contributed by atoms with Crippen LogP contribution in [0.1, 0.15) is 33.4 Å². The van der Waals surface area contributed by atoms with E-state index in [2.05, 4.69) is 13.8 Å². The lowest BCUT2D eigenvalue weighted by Gasteiger charge is -2.16. The van der Waals surface area contributed by atoms with E-state index in [-0.39, 0.29) is 13.2 Å². The largest absolute Gasteiger partial charge is 0.482 e. The first-order valence-electron chi connectivity index (χ1n) is 10.4. The number of carboxylic acid groups (broad SMARTS) is 2. The van der Waals surface area contributed by atoms with E-state index in [4.69, 9.17) is 19.7 Å². The first kappa shape index (κ1) is 20.1. The van der Waals surface area contributed by atoms with Crippen molar-refractivity contribution >= 4 is 11.9 Å². The van der Waals surface area contributed by atoms with Crippen LogP contribution >= 0.6 is 0 Å². The SMILES string of the molecule is Cc1c(C)c2c(c3c1Cc1cc(OCC(=O)O)ccc1-3)-c1ccc(OCC(=O)O)cc1C2. The first-order chi connectivity index (χ1) is 15.3. The topological polar surface area (TPSA) is 93.1 Å². The minimum Gasteiger partial charge on any atom is -0.482 e. The van der Waals surface area contributed by atoms with Gasteiger partial charge in [0.2, 0.25) is 0 Å². The fourth-order valence-corrected chi connectivity index (χ4v) is 4.94. The number of hydrogen-bond acceptors (Lipinski definition) is 4. The zero-order valence-electron chi connectivity index (χ0n) is 17.8. The van der Waals surface area contributed by atoms with E-state index in [9.17, 15) is 9.59 Å². The molecule has 3 aromatic rings. The third-order valence-corrected chi connectivity index (χ3v) is 6.47. The van der Waals surface area contributed by atoms with Gasteiger partial charge in [-0.2, -0.15) is 0 Å². The molecule has 2 aliphatic rings. The highest BCUT2D eigenvalue weighted by Gasteiger charge is 2.32. The Bertz CT molecular complexity index is 1200. The Morgan fingerprint density at radius 1 is 0.750 bits per heavy atom. The smallest absolute Gasteiger partial charge is 0.341 e. The summed E-state index contributed by atoms with van der Waals surface area (Å²) in [4.78, 5) is 21.7. The molecule has 0 bridgehead atoms. The average molecular weight is 430 g/mol. The van der Waals surface area contributed by atoms with E-state index in [1.54, 1.807) is 0 Å². The molecule has 0 unspecified atom stereocenters. The van der Waals surface area contributed by atoms with Crippen molar-refractivity contribution < 1.29 is 29.3 Å². The first-order valence-corrected chi connectivity index (χ1v) is 10.4. The lowest BCUT2D eigenvalue weighted by molar-refractivity contribution is -0.140. The number of rotatable bonds is 6. The fraction of sp³-hybridized carbons (Fsp3) is 0.231. The van der Waals surface area contributed by atoms with Crippen molar-refractivity contribution in [2.45, 2.75) is 26.7 Å². The summed E-state index contributed by atoms with van der Waals surface area (Å²) in [5, 5.41) is 17.8. The highest BCUT2D eigenvalue weighted by Crippen LogP contribution is 2.52. The number of benzene rings is 3. The lowest BCUT2D eigenvalue weighted by atomic mass is 9.87. The van der Waals surface area contributed by atoms with E-state index in [1.807, 2.05) is 36.4 Å². The molecule has 32 heavy (non-hydrogen) atoms. The summed E-state index contributed by atoms with van der Waals surface area (Å²) in [5.41, 5.74) is 12.2. The van der Waals surface area contributed by atoms with Gasteiger partial charge in [0.15, 0.2) is 13.2 Å². The van der Waals surface area contributed by atoms with Gasteiger partial charge < -0.3 is 19.7 Å². The van der Waals surface area contributed by atoms with E-state index < -0.39 is 11.9 Å². The molecule has 2 aliphatic carbocycles. The van der Waals surface area contributed by atoms with Crippen LogP contribution < -0.4 is 9.47 Å². The third kappa shape index (κ3) is 3.19. The second-order valence-corrected chi connectivity index (χ2v) is 8.31. The third-order valence-electron chi connectivity index (χ3n) is 6.47. The maximum absolute atomic E-state index is 10.8. The highest BCUT2D eigenvalue weighted by molar-refractivity contribution is 5.97. The van der Waals surface area contributed by atoms with Gasteiger partial charge in [-0.15, -0.1) is 0 Å². The molecule has 6 nitrogen and oxygen atoms in total. The van der Waals surface area contributed by atoms with Gasteiger partial charge in [0.1, 0.15) is 11.5 Å². The van der Waals surface area contributed by atoms with E-state index in [0.717, 1.165) is 35.1 Å². The molecule has 0 aliphatic heterocycles. The molecule has 6 heteroatoms. The van der Waals surface area contributed by atoms with Crippen LogP contribution in [0.25, 0.3) is 22.3 Å². The highest BCUT2D eigenvalue weighted by atomic mass is 16.5. The van der Waals surface area contributed by atoms with Gasteiger partial charge >= 0.3 is 11.9 Å². The van der Waals surface area contributed by atoms with Gasteiger partial charge in [0, 0.05) is 0 Å². The predicted molar refractivity (Wildman–Crippen MR) is 119 cm³/mol. The Morgan fingerprint density at radius 3 is 1.53 bits per heavy atom. The maximum Gasteiger partial charge on any atom is 0.341 e. The molecule has 2 N–H and O–H groups in total. The average Bonchev–Trinajstić information content (AvgIpc) is 3.32. The summed E-state index contributed by atoms with van der Waals surface area (Å²) >= 11 is 0. The van der Waals surface area contributed by atoms with E-state index in [0.29, 0.717) is 11.5 Å². The Balaban J connectivity index is 1.59. The summed E-state index contributed by atoms with van der Waals surface area (Å²) in [6.07, 6.45) is 1.56. The van der Waals surface area contributed by atoms with Gasteiger partial charge in [-0.3, -0.25) is 0 Å². The summed E-state index contributed by atoms with van der Waals surface area (Å²) in [7, 11) is 0. The van der Waals surface area contributed by atoms with Gasteiger partial charge in [-0.1, -0.05) is 12.1 Å². The van der Waals surface area contributed by atoms with Crippen LogP contribution in [0.2, 0.25) is 0 Å². The Kier molecular flexibility index (Phi) is 4.66. The fourth-order valence-electron chi connectivity index (χ4n) is 4.94. The quantitative estimate of drug-likeness (QED) is 0.416. The van der Waals surface area contributed by atoms with Gasteiger partial charge in [-0.25, -0.2) is 9.59 Å². The molecule has 0 fully saturated rings. The summed E-state index contributed by atoms with van der Waals surface area (Å²) < 4.78 is 10.8. The second-order valence-electron chi connectivity index (χ2n) is 8.31. The van der Waals surface area contributed by atoms with Crippen molar-refractivity contribution in [1.82, 2.24) is 0 Å². The van der Waals surface area contributed by atoms with Crippen LogP contribution in [0.15, 0.2) is 36.4 Å². The normalized spacial score (nSPS) is 12.6. The maximum atomic E-state index is 10.8. The molecule has 0 heterocycles. The minimum absolute atomic E-state index is 0.362. The summed E-state index contributed by atoms with van der Waals surface area (Å²) in [6.45, 7) is 3.59. The van der Waals surface area contributed by atoms with Gasteiger partial charge in [0.05, 0.1) is 0 Å². The molecule has 0 aromatic heterocycles. The van der Waals surface area contributed by atoms with Crippen LogP contribution in [-0.2, 0) is 22.4 Å². The second kappa shape index (κ2) is 7.41. The number of carbonyl (C=O) groups is 2. The molecule has 5 rings (SSSR count).